The molecule has 1 aromatic heterocycles. The first kappa shape index (κ1) is 20.9. The van der Waals surface area contributed by atoms with Gasteiger partial charge in [0.2, 0.25) is 17.6 Å². The minimum atomic E-state index is 0.0152. The maximum absolute atomic E-state index is 12.5. The standard InChI is InChI=1S/C23H26N4O4/c1-29-19-9-8-17(14-20(19)30-2)22-25-21(31-26-22)15-27-12-10-16(11-13-27)23(28)24-18-6-4-3-5-7-18/h3-9,14,16H,10-13,15H2,1-2H3,(H,24,28). The molecule has 0 radical (unpaired) electrons. The molecule has 2 heterocycles. The van der Waals surface area contributed by atoms with E-state index in [1.54, 1.807) is 14.2 Å². The minimum Gasteiger partial charge on any atom is -0.493 e. The van der Waals surface area contributed by atoms with Crippen molar-refractivity contribution in [1.29, 1.82) is 0 Å². The first-order valence-electron chi connectivity index (χ1n) is 10.3. The van der Waals surface area contributed by atoms with E-state index >= 15 is 0 Å². The van der Waals surface area contributed by atoms with Crippen molar-refractivity contribution < 1.29 is 18.8 Å². The fourth-order valence-electron chi connectivity index (χ4n) is 3.72. The Morgan fingerprint density at radius 1 is 1.10 bits per heavy atom. The molecule has 1 aliphatic rings. The smallest absolute Gasteiger partial charge is 0.241 e. The average Bonchev–Trinajstić information content (AvgIpc) is 3.28. The first-order chi connectivity index (χ1) is 15.2. The number of likely N-dealkylation sites (tertiary alicyclic amines) is 1. The van der Waals surface area contributed by atoms with Crippen LogP contribution in [0.25, 0.3) is 11.4 Å². The van der Waals surface area contributed by atoms with Crippen molar-refractivity contribution in [2.75, 3.05) is 32.6 Å². The summed E-state index contributed by atoms with van der Waals surface area (Å²) >= 11 is 0. The summed E-state index contributed by atoms with van der Waals surface area (Å²) in [4.78, 5) is 19.3. The first-order valence-corrected chi connectivity index (χ1v) is 10.3. The number of hydrogen-bond donors (Lipinski definition) is 1. The van der Waals surface area contributed by atoms with Crippen LogP contribution in [0.15, 0.2) is 53.1 Å². The number of carbonyl (C=O) groups excluding carboxylic acids is 1. The van der Waals surface area contributed by atoms with Gasteiger partial charge < -0.3 is 19.3 Å². The zero-order valence-corrected chi connectivity index (χ0v) is 17.7. The summed E-state index contributed by atoms with van der Waals surface area (Å²) < 4.78 is 16.1. The lowest BCUT2D eigenvalue weighted by Crippen LogP contribution is -2.37. The molecule has 31 heavy (non-hydrogen) atoms. The Morgan fingerprint density at radius 3 is 2.55 bits per heavy atom. The van der Waals surface area contributed by atoms with Crippen LogP contribution in [-0.4, -0.2) is 48.3 Å². The topological polar surface area (TPSA) is 89.7 Å². The van der Waals surface area contributed by atoms with E-state index in [9.17, 15) is 4.79 Å². The van der Waals surface area contributed by atoms with Gasteiger partial charge in [-0.25, -0.2) is 0 Å². The molecule has 1 amide bonds. The Labute approximate surface area is 181 Å². The number of rotatable bonds is 7. The van der Waals surface area contributed by atoms with Gasteiger partial charge in [-0.2, -0.15) is 4.98 Å². The number of methoxy groups -OCH3 is 2. The highest BCUT2D eigenvalue weighted by Crippen LogP contribution is 2.31. The van der Waals surface area contributed by atoms with Crippen LogP contribution < -0.4 is 14.8 Å². The van der Waals surface area contributed by atoms with Gasteiger partial charge in [0.05, 0.1) is 20.8 Å². The third-order valence-electron chi connectivity index (χ3n) is 5.47. The highest BCUT2D eigenvalue weighted by Gasteiger charge is 2.26. The van der Waals surface area contributed by atoms with Crippen molar-refractivity contribution in [2.24, 2.45) is 5.92 Å². The maximum atomic E-state index is 12.5. The number of nitrogens with zero attached hydrogens (tertiary/aromatic N) is 3. The monoisotopic (exact) mass is 422 g/mol. The number of hydrogen-bond acceptors (Lipinski definition) is 7. The lowest BCUT2D eigenvalue weighted by Gasteiger charge is -2.30. The van der Waals surface area contributed by atoms with Crippen molar-refractivity contribution in [3.05, 3.63) is 54.4 Å². The zero-order valence-electron chi connectivity index (χ0n) is 17.7. The predicted molar refractivity (Wildman–Crippen MR) is 116 cm³/mol. The second-order valence-electron chi connectivity index (χ2n) is 7.49. The largest absolute Gasteiger partial charge is 0.493 e. The number of amides is 1. The van der Waals surface area contributed by atoms with E-state index in [4.69, 9.17) is 14.0 Å². The molecular weight excluding hydrogens is 396 g/mol. The molecule has 1 aliphatic heterocycles. The summed E-state index contributed by atoms with van der Waals surface area (Å²) in [6.45, 7) is 2.18. The fourth-order valence-corrected chi connectivity index (χ4v) is 3.72. The minimum absolute atomic E-state index is 0.0152. The molecule has 4 rings (SSSR count). The fraction of sp³-hybridized carbons (Fsp3) is 0.348. The number of benzene rings is 2. The second-order valence-corrected chi connectivity index (χ2v) is 7.49. The summed E-state index contributed by atoms with van der Waals surface area (Å²) in [5.74, 6) is 2.42. The predicted octanol–water partition coefficient (Wildman–Crippen LogP) is 3.60. The molecule has 1 fully saturated rings. The molecule has 1 saturated heterocycles. The van der Waals surface area contributed by atoms with Gasteiger partial charge >= 0.3 is 0 Å². The molecule has 1 N–H and O–H groups in total. The molecular formula is C23H26N4O4. The lowest BCUT2D eigenvalue weighted by molar-refractivity contribution is -0.121. The van der Waals surface area contributed by atoms with E-state index in [0.717, 1.165) is 37.2 Å². The van der Waals surface area contributed by atoms with Gasteiger partial charge in [-0.05, 0) is 56.3 Å². The van der Waals surface area contributed by atoms with Crippen LogP contribution in [0.5, 0.6) is 11.5 Å². The lowest BCUT2D eigenvalue weighted by atomic mass is 9.96. The van der Waals surface area contributed by atoms with E-state index in [2.05, 4.69) is 20.4 Å². The third-order valence-corrected chi connectivity index (χ3v) is 5.47. The Kier molecular flexibility index (Phi) is 6.47. The number of para-hydroxylation sites is 1. The van der Waals surface area contributed by atoms with Gasteiger partial charge in [0.25, 0.3) is 0 Å². The summed E-state index contributed by atoms with van der Waals surface area (Å²) in [7, 11) is 3.19. The Balaban J connectivity index is 1.31. The molecule has 0 unspecified atom stereocenters. The number of ether oxygens (including phenoxy) is 2. The van der Waals surface area contributed by atoms with Crippen LogP contribution in [0.3, 0.4) is 0 Å². The van der Waals surface area contributed by atoms with Crippen molar-refractivity contribution >= 4 is 11.6 Å². The van der Waals surface area contributed by atoms with Crippen molar-refractivity contribution in [3.8, 4) is 22.9 Å². The number of carbonyl (C=O) groups is 1. The summed E-state index contributed by atoms with van der Waals surface area (Å²) in [5, 5.41) is 7.10. The molecule has 3 aromatic rings. The van der Waals surface area contributed by atoms with Crippen molar-refractivity contribution in [3.63, 3.8) is 0 Å². The molecule has 0 aliphatic carbocycles. The van der Waals surface area contributed by atoms with Crippen LogP contribution in [0.1, 0.15) is 18.7 Å². The number of anilines is 1. The van der Waals surface area contributed by atoms with Gasteiger partial charge in [0.15, 0.2) is 11.5 Å². The molecule has 2 aromatic carbocycles. The van der Waals surface area contributed by atoms with Crippen LogP contribution in [0.2, 0.25) is 0 Å². The highest BCUT2D eigenvalue weighted by atomic mass is 16.5. The third kappa shape index (κ3) is 5.03. The number of nitrogens with one attached hydrogen (secondary N) is 1. The van der Waals surface area contributed by atoms with Gasteiger partial charge in [-0.3, -0.25) is 9.69 Å². The molecule has 0 spiro atoms. The van der Waals surface area contributed by atoms with E-state index in [-0.39, 0.29) is 11.8 Å². The molecule has 8 nitrogen and oxygen atoms in total. The summed E-state index contributed by atoms with van der Waals surface area (Å²) in [6, 6.07) is 15.1. The van der Waals surface area contributed by atoms with Gasteiger partial charge in [0, 0.05) is 17.2 Å². The molecule has 0 bridgehead atoms. The van der Waals surface area contributed by atoms with Gasteiger partial charge in [0.1, 0.15) is 0 Å². The maximum Gasteiger partial charge on any atom is 0.241 e. The number of piperidine rings is 1. The Morgan fingerprint density at radius 2 is 1.84 bits per heavy atom. The SMILES string of the molecule is COc1ccc(-c2noc(CN3CCC(C(=O)Nc4ccccc4)CC3)n2)cc1OC. The van der Waals surface area contributed by atoms with E-state index in [1.807, 2.05) is 48.5 Å². The number of aromatic nitrogens is 2. The quantitative estimate of drug-likeness (QED) is 0.622. The molecule has 0 atom stereocenters. The summed E-state index contributed by atoms with van der Waals surface area (Å²) in [6.07, 6.45) is 1.60. The van der Waals surface area contributed by atoms with E-state index in [0.29, 0.717) is 29.8 Å². The van der Waals surface area contributed by atoms with E-state index < -0.39 is 0 Å². The molecule has 162 valence electrons. The van der Waals surface area contributed by atoms with Gasteiger partial charge in [-0.1, -0.05) is 23.4 Å². The van der Waals surface area contributed by atoms with Crippen molar-refractivity contribution in [1.82, 2.24) is 15.0 Å². The van der Waals surface area contributed by atoms with Crippen LogP contribution >= 0.6 is 0 Å². The zero-order chi connectivity index (χ0) is 21.6. The van der Waals surface area contributed by atoms with Crippen LogP contribution in [0, 0.1) is 5.92 Å². The van der Waals surface area contributed by atoms with Gasteiger partial charge in [-0.15, -0.1) is 0 Å². The Hall–Kier alpha value is -3.39. The molecule has 8 heteroatoms. The highest BCUT2D eigenvalue weighted by molar-refractivity contribution is 5.92. The van der Waals surface area contributed by atoms with Crippen LogP contribution in [0.4, 0.5) is 5.69 Å². The summed E-state index contributed by atoms with van der Waals surface area (Å²) in [5.41, 5.74) is 1.63. The van der Waals surface area contributed by atoms with E-state index in [1.165, 1.54) is 0 Å². The average molecular weight is 422 g/mol. The Bertz CT molecular complexity index is 1010. The molecule has 0 saturated carbocycles. The normalized spacial score (nSPS) is 14.9. The second kappa shape index (κ2) is 9.61. The van der Waals surface area contributed by atoms with Crippen molar-refractivity contribution in [2.45, 2.75) is 19.4 Å². The van der Waals surface area contributed by atoms with Crippen LogP contribution in [-0.2, 0) is 11.3 Å².